The van der Waals surface area contributed by atoms with E-state index in [9.17, 15) is 14.7 Å². The van der Waals surface area contributed by atoms with Crippen molar-refractivity contribution in [2.45, 2.75) is 38.8 Å². The molecule has 7 heteroatoms. The minimum Gasteiger partial charge on any atom is -0.507 e. The number of hydrogen-bond donors (Lipinski definition) is 1. The number of carbonyl (C=O) groups excluding carboxylic acids is 2. The maximum Gasteiger partial charge on any atom is 0.296 e. The first-order valence-corrected chi connectivity index (χ1v) is 12.2. The fourth-order valence-electron chi connectivity index (χ4n) is 4.52. The van der Waals surface area contributed by atoms with E-state index in [1.165, 1.54) is 12.0 Å². The molecule has 1 fully saturated rings. The highest BCUT2D eigenvalue weighted by atomic mass is 16.5. The topological polar surface area (TPSA) is 83.0 Å². The lowest BCUT2D eigenvalue weighted by Crippen LogP contribution is -2.29. The second-order valence-corrected chi connectivity index (χ2v) is 10.4. The van der Waals surface area contributed by atoms with Crippen molar-refractivity contribution in [1.29, 1.82) is 0 Å². The van der Waals surface area contributed by atoms with E-state index in [1.54, 1.807) is 24.4 Å². The van der Waals surface area contributed by atoms with Gasteiger partial charge in [-0.05, 0) is 52.9 Å². The van der Waals surface area contributed by atoms with Gasteiger partial charge in [0.15, 0.2) is 0 Å². The molecule has 1 aliphatic heterocycles. The SMILES string of the molecule is COc1ccc(C(C)(C)C)cc1/C(O)=C1\C(=O)C(=O)N(Cc2ccccn2)C1c1ccc(N(C)C)cc1. The summed E-state index contributed by atoms with van der Waals surface area (Å²) >= 11 is 0. The van der Waals surface area contributed by atoms with Gasteiger partial charge >= 0.3 is 0 Å². The average molecular weight is 500 g/mol. The average Bonchev–Trinajstić information content (AvgIpc) is 3.13. The van der Waals surface area contributed by atoms with E-state index in [-0.39, 0.29) is 23.3 Å². The molecule has 1 amide bonds. The van der Waals surface area contributed by atoms with E-state index >= 15 is 0 Å². The molecule has 2 heterocycles. The number of benzene rings is 2. The van der Waals surface area contributed by atoms with Crippen LogP contribution in [0.3, 0.4) is 0 Å². The molecule has 192 valence electrons. The number of pyridine rings is 1. The van der Waals surface area contributed by atoms with Gasteiger partial charge in [-0.3, -0.25) is 14.6 Å². The van der Waals surface area contributed by atoms with Gasteiger partial charge in [-0.25, -0.2) is 0 Å². The minimum atomic E-state index is -0.791. The Morgan fingerprint density at radius 3 is 2.32 bits per heavy atom. The number of ether oxygens (including phenoxy) is 1. The maximum atomic E-state index is 13.5. The van der Waals surface area contributed by atoms with Crippen LogP contribution < -0.4 is 9.64 Å². The maximum absolute atomic E-state index is 13.5. The van der Waals surface area contributed by atoms with Gasteiger partial charge in [0.25, 0.3) is 11.7 Å². The lowest BCUT2D eigenvalue weighted by Gasteiger charge is -2.26. The predicted octanol–water partition coefficient (Wildman–Crippen LogP) is 5.08. The van der Waals surface area contributed by atoms with Crippen LogP contribution in [-0.2, 0) is 21.5 Å². The fourth-order valence-corrected chi connectivity index (χ4v) is 4.52. The molecule has 37 heavy (non-hydrogen) atoms. The third-order valence-electron chi connectivity index (χ3n) is 6.64. The van der Waals surface area contributed by atoms with Crippen molar-refractivity contribution in [2.75, 3.05) is 26.1 Å². The lowest BCUT2D eigenvalue weighted by atomic mass is 9.85. The molecule has 1 atom stereocenters. The third-order valence-corrected chi connectivity index (χ3v) is 6.64. The highest BCUT2D eigenvalue weighted by molar-refractivity contribution is 6.46. The van der Waals surface area contributed by atoms with Crippen LogP contribution in [0.4, 0.5) is 5.69 Å². The Balaban J connectivity index is 1.92. The smallest absolute Gasteiger partial charge is 0.296 e. The summed E-state index contributed by atoms with van der Waals surface area (Å²) in [5, 5.41) is 11.6. The van der Waals surface area contributed by atoms with Gasteiger partial charge < -0.3 is 19.6 Å². The molecule has 3 aromatic rings. The Morgan fingerprint density at radius 2 is 1.76 bits per heavy atom. The molecule has 1 unspecified atom stereocenters. The first-order valence-electron chi connectivity index (χ1n) is 12.2. The highest BCUT2D eigenvalue weighted by Gasteiger charge is 2.46. The summed E-state index contributed by atoms with van der Waals surface area (Å²) < 4.78 is 5.54. The first kappa shape index (κ1) is 25.9. The van der Waals surface area contributed by atoms with Gasteiger partial charge in [0.05, 0.1) is 36.5 Å². The number of anilines is 1. The van der Waals surface area contributed by atoms with Crippen molar-refractivity contribution < 1.29 is 19.4 Å². The Kier molecular flexibility index (Phi) is 7.07. The van der Waals surface area contributed by atoms with Crippen molar-refractivity contribution >= 4 is 23.1 Å². The minimum absolute atomic E-state index is 0.0305. The van der Waals surface area contributed by atoms with E-state index in [0.717, 1.165) is 11.3 Å². The number of amides is 1. The Morgan fingerprint density at radius 1 is 1.05 bits per heavy atom. The van der Waals surface area contributed by atoms with Crippen molar-refractivity contribution in [2.24, 2.45) is 0 Å². The van der Waals surface area contributed by atoms with Crippen LogP contribution in [0.15, 0.2) is 72.4 Å². The molecular weight excluding hydrogens is 466 g/mol. The Hall–Kier alpha value is -4.13. The zero-order valence-electron chi connectivity index (χ0n) is 22.1. The summed E-state index contributed by atoms with van der Waals surface area (Å²) in [5.74, 6) is -1.26. The normalized spacial score (nSPS) is 17.2. The molecule has 0 saturated carbocycles. The number of aromatic nitrogens is 1. The highest BCUT2D eigenvalue weighted by Crippen LogP contribution is 2.42. The summed E-state index contributed by atoms with van der Waals surface area (Å²) in [6.07, 6.45) is 1.65. The van der Waals surface area contributed by atoms with E-state index < -0.39 is 17.7 Å². The van der Waals surface area contributed by atoms with Gasteiger partial charge in [0.1, 0.15) is 11.5 Å². The Bertz CT molecular complexity index is 1340. The van der Waals surface area contributed by atoms with E-state index in [0.29, 0.717) is 22.6 Å². The van der Waals surface area contributed by atoms with Gasteiger partial charge in [0.2, 0.25) is 0 Å². The van der Waals surface area contributed by atoms with Gasteiger partial charge in [0, 0.05) is 26.0 Å². The molecule has 7 nitrogen and oxygen atoms in total. The molecule has 0 radical (unpaired) electrons. The molecule has 0 spiro atoms. The molecule has 4 rings (SSSR count). The predicted molar refractivity (Wildman–Crippen MR) is 145 cm³/mol. The Labute approximate surface area is 218 Å². The number of carbonyl (C=O) groups is 2. The standard InChI is InChI=1S/C30H33N3O4/c1-30(2,3)20-12-15-24(37-6)23(17-20)27(34)25-26(19-10-13-22(14-11-19)32(4)5)33(29(36)28(25)35)18-21-9-7-8-16-31-21/h7-17,26,34H,18H2,1-6H3/b27-25+. The second kappa shape index (κ2) is 10.1. The van der Waals surface area contributed by atoms with Gasteiger partial charge in [-0.1, -0.05) is 45.0 Å². The van der Waals surface area contributed by atoms with Gasteiger partial charge in [-0.15, -0.1) is 0 Å². The summed E-state index contributed by atoms with van der Waals surface area (Å²) in [4.78, 5) is 34.6. The number of Topliss-reactive ketones (excluding diaryl/α,β-unsaturated/α-hetero) is 1. The van der Waals surface area contributed by atoms with Crippen LogP contribution in [0.2, 0.25) is 0 Å². The summed E-state index contributed by atoms with van der Waals surface area (Å²) in [5.41, 5.74) is 3.51. The van der Waals surface area contributed by atoms with Crippen molar-refractivity contribution in [3.63, 3.8) is 0 Å². The number of aliphatic hydroxyl groups is 1. The zero-order valence-corrected chi connectivity index (χ0v) is 22.1. The van der Waals surface area contributed by atoms with Crippen LogP contribution in [0.1, 0.15) is 49.2 Å². The lowest BCUT2D eigenvalue weighted by molar-refractivity contribution is -0.140. The summed E-state index contributed by atoms with van der Waals surface area (Å²) in [6, 6.07) is 17.8. The van der Waals surface area contributed by atoms with Crippen LogP contribution in [0.25, 0.3) is 5.76 Å². The summed E-state index contributed by atoms with van der Waals surface area (Å²) in [6.45, 7) is 6.33. The molecule has 1 N–H and O–H groups in total. The van der Waals surface area contributed by atoms with E-state index in [2.05, 4.69) is 25.8 Å². The number of methoxy groups -OCH3 is 1. The molecular formula is C30H33N3O4. The molecule has 1 aromatic heterocycles. The fraction of sp³-hybridized carbons (Fsp3) is 0.300. The number of nitrogens with zero attached hydrogens (tertiary/aromatic N) is 3. The monoisotopic (exact) mass is 499 g/mol. The third kappa shape index (κ3) is 5.07. The van der Waals surface area contributed by atoms with Crippen LogP contribution in [-0.4, -0.2) is 47.9 Å². The number of aliphatic hydroxyl groups excluding tert-OH is 1. The quantitative estimate of drug-likeness (QED) is 0.290. The second-order valence-electron chi connectivity index (χ2n) is 10.4. The van der Waals surface area contributed by atoms with Crippen LogP contribution >= 0.6 is 0 Å². The molecule has 1 saturated heterocycles. The number of hydrogen-bond acceptors (Lipinski definition) is 6. The van der Waals surface area contributed by atoms with Crippen molar-refractivity contribution in [1.82, 2.24) is 9.88 Å². The number of ketones is 1. The van der Waals surface area contributed by atoms with Crippen molar-refractivity contribution in [3.8, 4) is 5.75 Å². The van der Waals surface area contributed by atoms with Crippen LogP contribution in [0, 0.1) is 0 Å². The largest absolute Gasteiger partial charge is 0.507 e. The molecule has 0 bridgehead atoms. The number of rotatable bonds is 6. The first-order chi connectivity index (χ1) is 17.5. The number of likely N-dealkylation sites (tertiary alicyclic amines) is 1. The zero-order chi connectivity index (χ0) is 26.9. The summed E-state index contributed by atoms with van der Waals surface area (Å²) in [7, 11) is 5.40. The molecule has 2 aromatic carbocycles. The van der Waals surface area contributed by atoms with Crippen molar-refractivity contribution in [3.05, 3.63) is 94.8 Å². The van der Waals surface area contributed by atoms with Crippen LogP contribution in [0.5, 0.6) is 5.75 Å². The van der Waals surface area contributed by atoms with E-state index in [4.69, 9.17) is 4.74 Å². The van der Waals surface area contributed by atoms with Gasteiger partial charge in [-0.2, -0.15) is 0 Å². The van der Waals surface area contributed by atoms with E-state index in [1.807, 2.05) is 61.5 Å². The molecule has 0 aliphatic carbocycles. The molecule has 1 aliphatic rings.